The molecule has 1 atom stereocenters. The van der Waals surface area contributed by atoms with Gasteiger partial charge in [-0.25, -0.2) is 0 Å². The standard InChI is InChI=1S/C22H25N3O3/c1-2-23-21(27)17-9-6-10-19(13-17)24-22(28)18-14-20(26)25(15-18)12-11-16-7-4-3-5-8-16/h3-10,13,18H,2,11-12,14-15H2,1H3,(H,23,27)(H,24,28). The molecule has 6 heteroatoms. The number of carbonyl (C=O) groups excluding carboxylic acids is 3. The molecule has 0 aromatic heterocycles. The highest BCUT2D eigenvalue weighted by atomic mass is 16.2. The number of hydrogen-bond donors (Lipinski definition) is 2. The van der Waals surface area contributed by atoms with E-state index < -0.39 is 0 Å². The van der Waals surface area contributed by atoms with Crippen molar-refractivity contribution in [2.24, 2.45) is 5.92 Å². The third-order valence-corrected chi connectivity index (χ3v) is 4.83. The lowest BCUT2D eigenvalue weighted by Gasteiger charge is -2.16. The molecule has 1 heterocycles. The molecule has 1 aliphatic heterocycles. The Balaban J connectivity index is 1.56. The second-order valence-electron chi connectivity index (χ2n) is 6.91. The minimum Gasteiger partial charge on any atom is -0.352 e. The number of carbonyl (C=O) groups is 3. The van der Waals surface area contributed by atoms with E-state index in [1.165, 1.54) is 5.56 Å². The van der Waals surface area contributed by atoms with Crippen LogP contribution in [0.2, 0.25) is 0 Å². The summed E-state index contributed by atoms with van der Waals surface area (Å²) in [5.74, 6) is -0.742. The van der Waals surface area contributed by atoms with Crippen molar-refractivity contribution in [2.45, 2.75) is 19.8 Å². The fourth-order valence-corrected chi connectivity index (χ4v) is 3.32. The lowest BCUT2D eigenvalue weighted by atomic mass is 10.1. The first-order chi connectivity index (χ1) is 13.6. The molecule has 146 valence electrons. The summed E-state index contributed by atoms with van der Waals surface area (Å²) in [6.45, 7) is 3.43. The first-order valence-electron chi connectivity index (χ1n) is 9.57. The number of rotatable bonds is 7. The normalized spacial score (nSPS) is 16.1. The van der Waals surface area contributed by atoms with Crippen LogP contribution in [0.4, 0.5) is 5.69 Å². The highest BCUT2D eigenvalue weighted by Gasteiger charge is 2.34. The summed E-state index contributed by atoms with van der Waals surface area (Å²) in [6.07, 6.45) is 0.992. The van der Waals surface area contributed by atoms with Crippen molar-refractivity contribution in [3.05, 3.63) is 65.7 Å². The largest absolute Gasteiger partial charge is 0.352 e. The third kappa shape index (κ3) is 4.97. The minimum atomic E-state index is -0.378. The van der Waals surface area contributed by atoms with Crippen LogP contribution < -0.4 is 10.6 Å². The van der Waals surface area contributed by atoms with Gasteiger partial charge >= 0.3 is 0 Å². The summed E-state index contributed by atoms with van der Waals surface area (Å²) in [4.78, 5) is 38.6. The van der Waals surface area contributed by atoms with Gasteiger partial charge in [0.15, 0.2) is 0 Å². The Labute approximate surface area is 164 Å². The van der Waals surface area contributed by atoms with Gasteiger partial charge in [0, 0.05) is 37.3 Å². The van der Waals surface area contributed by atoms with Gasteiger partial charge in [0.05, 0.1) is 5.92 Å². The number of hydrogen-bond acceptors (Lipinski definition) is 3. The van der Waals surface area contributed by atoms with Crippen LogP contribution in [-0.2, 0) is 16.0 Å². The Hall–Kier alpha value is -3.15. The molecular weight excluding hydrogens is 354 g/mol. The summed E-state index contributed by atoms with van der Waals surface area (Å²) >= 11 is 0. The van der Waals surface area contributed by atoms with E-state index in [1.807, 2.05) is 37.3 Å². The molecule has 0 radical (unpaired) electrons. The molecule has 1 fully saturated rings. The lowest BCUT2D eigenvalue weighted by molar-refractivity contribution is -0.128. The van der Waals surface area contributed by atoms with Crippen molar-refractivity contribution in [1.29, 1.82) is 0 Å². The van der Waals surface area contributed by atoms with Crippen LogP contribution in [0.25, 0.3) is 0 Å². The van der Waals surface area contributed by atoms with Crippen LogP contribution in [0.1, 0.15) is 29.3 Å². The molecule has 2 aromatic carbocycles. The maximum Gasteiger partial charge on any atom is 0.251 e. The van der Waals surface area contributed by atoms with Gasteiger partial charge < -0.3 is 15.5 Å². The Bertz CT molecular complexity index is 851. The fraction of sp³-hybridized carbons (Fsp3) is 0.318. The average molecular weight is 379 g/mol. The first-order valence-corrected chi connectivity index (χ1v) is 9.57. The summed E-state index contributed by atoms with van der Waals surface area (Å²) < 4.78 is 0. The topological polar surface area (TPSA) is 78.5 Å². The molecule has 2 N–H and O–H groups in total. The highest BCUT2D eigenvalue weighted by molar-refractivity contribution is 5.99. The van der Waals surface area contributed by atoms with Gasteiger partial charge in [0.1, 0.15) is 0 Å². The van der Waals surface area contributed by atoms with Crippen LogP contribution in [0, 0.1) is 5.92 Å². The highest BCUT2D eigenvalue weighted by Crippen LogP contribution is 2.21. The Morgan fingerprint density at radius 2 is 1.89 bits per heavy atom. The Kier molecular flexibility index (Phi) is 6.42. The quantitative estimate of drug-likeness (QED) is 0.776. The van der Waals surface area contributed by atoms with E-state index in [4.69, 9.17) is 0 Å². The number of anilines is 1. The van der Waals surface area contributed by atoms with Gasteiger partial charge in [-0.2, -0.15) is 0 Å². The van der Waals surface area contributed by atoms with E-state index >= 15 is 0 Å². The molecule has 1 unspecified atom stereocenters. The SMILES string of the molecule is CCNC(=O)c1cccc(NC(=O)C2CC(=O)N(CCc3ccccc3)C2)c1. The van der Waals surface area contributed by atoms with E-state index in [0.717, 1.165) is 6.42 Å². The molecule has 0 saturated carbocycles. The maximum atomic E-state index is 12.6. The minimum absolute atomic E-state index is 0.00663. The second-order valence-corrected chi connectivity index (χ2v) is 6.91. The van der Waals surface area contributed by atoms with Crippen LogP contribution in [-0.4, -0.2) is 42.3 Å². The van der Waals surface area contributed by atoms with Crippen molar-refractivity contribution in [3.63, 3.8) is 0 Å². The van der Waals surface area contributed by atoms with E-state index in [-0.39, 0.29) is 30.1 Å². The van der Waals surface area contributed by atoms with Crippen molar-refractivity contribution in [2.75, 3.05) is 25.0 Å². The molecule has 6 nitrogen and oxygen atoms in total. The summed E-state index contributed by atoms with van der Waals surface area (Å²) in [7, 11) is 0. The van der Waals surface area contributed by atoms with Gasteiger partial charge in [0.25, 0.3) is 5.91 Å². The zero-order valence-electron chi connectivity index (χ0n) is 16.0. The van der Waals surface area contributed by atoms with Crippen molar-refractivity contribution in [3.8, 4) is 0 Å². The van der Waals surface area contributed by atoms with Crippen LogP contribution in [0.15, 0.2) is 54.6 Å². The van der Waals surface area contributed by atoms with E-state index in [0.29, 0.717) is 30.9 Å². The van der Waals surface area contributed by atoms with Gasteiger partial charge in [-0.3, -0.25) is 14.4 Å². The number of nitrogens with zero attached hydrogens (tertiary/aromatic N) is 1. The Morgan fingerprint density at radius 1 is 1.11 bits per heavy atom. The first kappa shape index (κ1) is 19.6. The number of benzene rings is 2. The van der Waals surface area contributed by atoms with E-state index in [9.17, 15) is 14.4 Å². The zero-order valence-corrected chi connectivity index (χ0v) is 16.0. The molecular formula is C22H25N3O3. The van der Waals surface area contributed by atoms with E-state index in [1.54, 1.807) is 29.2 Å². The van der Waals surface area contributed by atoms with E-state index in [2.05, 4.69) is 10.6 Å². The smallest absolute Gasteiger partial charge is 0.251 e. The van der Waals surface area contributed by atoms with Crippen molar-refractivity contribution in [1.82, 2.24) is 10.2 Å². The van der Waals surface area contributed by atoms with Gasteiger partial charge in [-0.1, -0.05) is 36.4 Å². The van der Waals surface area contributed by atoms with Crippen molar-refractivity contribution < 1.29 is 14.4 Å². The molecule has 28 heavy (non-hydrogen) atoms. The predicted octanol–water partition coefficient (Wildman–Crippen LogP) is 2.47. The third-order valence-electron chi connectivity index (χ3n) is 4.83. The molecule has 3 rings (SSSR count). The summed E-state index contributed by atoms with van der Waals surface area (Å²) in [5, 5.41) is 5.57. The van der Waals surface area contributed by atoms with Crippen LogP contribution in [0.3, 0.4) is 0 Å². The Morgan fingerprint density at radius 3 is 2.64 bits per heavy atom. The number of amides is 3. The summed E-state index contributed by atoms with van der Waals surface area (Å²) in [5.41, 5.74) is 2.22. The second kappa shape index (κ2) is 9.17. The van der Waals surface area contributed by atoms with Gasteiger partial charge in [-0.15, -0.1) is 0 Å². The molecule has 2 aromatic rings. The van der Waals surface area contributed by atoms with Gasteiger partial charge in [-0.05, 0) is 37.1 Å². The van der Waals surface area contributed by atoms with Crippen molar-refractivity contribution >= 4 is 23.4 Å². The monoisotopic (exact) mass is 379 g/mol. The molecule has 0 spiro atoms. The number of likely N-dealkylation sites (tertiary alicyclic amines) is 1. The average Bonchev–Trinajstić information content (AvgIpc) is 3.08. The zero-order chi connectivity index (χ0) is 19.9. The molecule has 3 amide bonds. The number of nitrogens with one attached hydrogen (secondary N) is 2. The van der Waals surface area contributed by atoms with Crippen LogP contribution >= 0.6 is 0 Å². The lowest BCUT2D eigenvalue weighted by Crippen LogP contribution is -2.30. The molecule has 0 aliphatic carbocycles. The molecule has 1 aliphatic rings. The predicted molar refractivity (Wildman–Crippen MR) is 108 cm³/mol. The summed E-state index contributed by atoms with van der Waals surface area (Å²) in [6, 6.07) is 16.8. The van der Waals surface area contributed by atoms with Gasteiger partial charge in [0.2, 0.25) is 11.8 Å². The maximum absolute atomic E-state index is 12.6. The molecule has 1 saturated heterocycles. The van der Waals surface area contributed by atoms with Crippen LogP contribution in [0.5, 0.6) is 0 Å². The fourth-order valence-electron chi connectivity index (χ4n) is 3.32. The molecule has 0 bridgehead atoms.